The molecule has 0 atom stereocenters. The molecule has 1 aliphatic carbocycles. The molecule has 0 spiro atoms. The number of ether oxygens (including phenoxy) is 1. The first kappa shape index (κ1) is 15.8. The van der Waals surface area contributed by atoms with E-state index in [0.29, 0.717) is 0 Å². The Labute approximate surface area is 139 Å². The van der Waals surface area contributed by atoms with Gasteiger partial charge in [0.05, 0.1) is 7.11 Å². The largest absolute Gasteiger partial charge is 0.497 e. The lowest BCUT2D eigenvalue weighted by atomic mass is 10.1. The number of methoxy groups -OCH3 is 1. The molecular weight excluding hydrogens is 282 g/mol. The summed E-state index contributed by atoms with van der Waals surface area (Å²) in [6.07, 6.45) is 8.22. The fourth-order valence-electron chi connectivity index (χ4n) is 3.18. The molecule has 0 N–H and O–H groups in total. The van der Waals surface area contributed by atoms with Gasteiger partial charge >= 0.3 is 0 Å². The van der Waals surface area contributed by atoms with Crippen molar-refractivity contribution < 1.29 is 4.74 Å². The molecular formula is C21H25NO. The maximum absolute atomic E-state index is 5.18. The molecule has 23 heavy (non-hydrogen) atoms. The Bertz CT molecular complexity index is 673. The van der Waals surface area contributed by atoms with E-state index < -0.39 is 0 Å². The van der Waals surface area contributed by atoms with E-state index in [1.165, 1.54) is 30.4 Å². The van der Waals surface area contributed by atoms with Crippen molar-refractivity contribution in [3.8, 4) is 5.75 Å². The average Bonchev–Trinajstić information content (AvgIpc) is 3.03. The van der Waals surface area contributed by atoms with Gasteiger partial charge in [-0.25, -0.2) is 0 Å². The zero-order valence-electron chi connectivity index (χ0n) is 14.1. The highest BCUT2D eigenvalue weighted by Gasteiger charge is 2.11. The fourth-order valence-corrected chi connectivity index (χ4v) is 3.18. The van der Waals surface area contributed by atoms with Gasteiger partial charge in [-0.3, -0.25) is 4.90 Å². The quantitative estimate of drug-likeness (QED) is 0.787. The zero-order chi connectivity index (χ0) is 16.1. The van der Waals surface area contributed by atoms with Gasteiger partial charge in [-0.15, -0.1) is 0 Å². The summed E-state index contributed by atoms with van der Waals surface area (Å²) >= 11 is 0. The van der Waals surface area contributed by atoms with Crippen LogP contribution in [0.3, 0.4) is 0 Å². The molecule has 2 heteroatoms. The molecule has 0 amide bonds. The van der Waals surface area contributed by atoms with E-state index in [-0.39, 0.29) is 0 Å². The van der Waals surface area contributed by atoms with Crippen molar-refractivity contribution in [3.05, 3.63) is 70.8 Å². The third-order valence-electron chi connectivity index (χ3n) is 4.46. The predicted molar refractivity (Wildman–Crippen MR) is 96.8 cm³/mol. The van der Waals surface area contributed by atoms with E-state index in [4.69, 9.17) is 4.74 Å². The van der Waals surface area contributed by atoms with Crippen LogP contribution in [0.15, 0.2) is 48.5 Å². The average molecular weight is 307 g/mol. The number of nitrogens with zero attached hydrogens (tertiary/aromatic N) is 1. The first-order chi connectivity index (χ1) is 11.2. The van der Waals surface area contributed by atoms with Crippen LogP contribution in [0.1, 0.15) is 28.7 Å². The van der Waals surface area contributed by atoms with Crippen LogP contribution in [0, 0.1) is 0 Å². The van der Waals surface area contributed by atoms with Crippen molar-refractivity contribution in [2.24, 2.45) is 0 Å². The Morgan fingerprint density at radius 3 is 2.61 bits per heavy atom. The van der Waals surface area contributed by atoms with Crippen LogP contribution in [0.4, 0.5) is 0 Å². The lowest BCUT2D eigenvalue weighted by Gasteiger charge is -2.15. The lowest BCUT2D eigenvalue weighted by molar-refractivity contribution is 0.364. The fraction of sp³-hybridized carbons (Fsp3) is 0.333. The Balaban J connectivity index is 1.52. The standard InChI is InChI=1S/C21H25NO/c1-22(14-4-5-17-9-12-21(23-2)13-10-17)16-18-8-11-19-6-3-7-20(19)15-18/h4-5,8-13,15H,3,6-7,14,16H2,1-2H3/b5-4+. The minimum absolute atomic E-state index is 0.899. The number of rotatable bonds is 6. The third kappa shape index (κ3) is 4.23. The molecule has 2 aromatic carbocycles. The van der Waals surface area contributed by atoms with Crippen LogP contribution in [0.25, 0.3) is 6.08 Å². The second-order valence-electron chi connectivity index (χ2n) is 6.33. The van der Waals surface area contributed by atoms with E-state index in [0.717, 1.165) is 18.8 Å². The monoisotopic (exact) mass is 307 g/mol. The number of hydrogen-bond donors (Lipinski definition) is 0. The van der Waals surface area contributed by atoms with E-state index in [1.54, 1.807) is 18.2 Å². The van der Waals surface area contributed by atoms with Crippen molar-refractivity contribution in [1.29, 1.82) is 0 Å². The Kier molecular flexibility index (Phi) is 5.14. The van der Waals surface area contributed by atoms with Crippen LogP contribution in [0.2, 0.25) is 0 Å². The van der Waals surface area contributed by atoms with Gasteiger partial charge < -0.3 is 4.74 Å². The van der Waals surface area contributed by atoms with Gasteiger partial charge in [0, 0.05) is 13.1 Å². The molecule has 0 aliphatic heterocycles. The molecule has 0 fully saturated rings. The summed E-state index contributed by atoms with van der Waals surface area (Å²) in [6, 6.07) is 15.1. The molecule has 1 aliphatic rings. The molecule has 0 bridgehead atoms. The number of fused-ring (bicyclic) bond motifs is 1. The molecule has 2 aromatic rings. The van der Waals surface area contributed by atoms with Gasteiger partial charge in [0.1, 0.15) is 5.75 Å². The second-order valence-corrected chi connectivity index (χ2v) is 6.33. The van der Waals surface area contributed by atoms with Crippen LogP contribution in [-0.2, 0) is 19.4 Å². The highest BCUT2D eigenvalue weighted by molar-refractivity contribution is 5.50. The van der Waals surface area contributed by atoms with Crippen molar-refractivity contribution in [2.75, 3.05) is 20.7 Å². The molecule has 0 saturated carbocycles. The summed E-state index contributed by atoms with van der Waals surface area (Å²) in [7, 11) is 3.87. The van der Waals surface area contributed by atoms with E-state index in [9.17, 15) is 0 Å². The molecule has 0 unspecified atom stereocenters. The number of aryl methyl sites for hydroxylation is 2. The van der Waals surface area contributed by atoms with Gasteiger partial charge in [-0.05, 0) is 60.7 Å². The third-order valence-corrected chi connectivity index (χ3v) is 4.46. The smallest absolute Gasteiger partial charge is 0.118 e. The molecule has 0 saturated heterocycles. The highest BCUT2D eigenvalue weighted by Crippen LogP contribution is 2.23. The number of benzene rings is 2. The second kappa shape index (κ2) is 7.47. The normalized spacial score (nSPS) is 13.7. The molecule has 0 radical (unpaired) electrons. The predicted octanol–water partition coefficient (Wildman–Crippen LogP) is 4.33. The first-order valence-corrected chi connectivity index (χ1v) is 8.34. The van der Waals surface area contributed by atoms with E-state index in [1.807, 2.05) is 12.1 Å². The summed E-state index contributed by atoms with van der Waals surface area (Å²) < 4.78 is 5.18. The van der Waals surface area contributed by atoms with Crippen molar-refractivity contribution in [2.45, 2.75) is 25.8 Å². The van der Waals surface area contributed by atoms with Gasteiger partial charge in [0.25, 0.3) is 0 Å². The van der Waals surface area contributed by atoms with Crippen molar-refractivity contribution >= 4 is 6.08 Å². The molecule has 3 rings (SSSR count). The molecule has 120 valence electrons. The lowest BCUT2D eigenvalue weighted by Crippen LogP contribution is -2.17. The van der Waals surface area contributed by atoms with Crippen LogP contribution >= 0.6 is 0 Å². The van der Waals surface area contributed by atoms with Crippen LogP contribution in [-0.4, -0.2) is 25.6 Å². The molecule has 2 nitrogen and oxygen atoms in total. The maximum atomic E-state index is 5.18. The summed E-state index contributed by atoms with van der Waals surface area (Å²) in [5, 5.41) is 0. The molecule has 0 aromatic heterocycles. The SMILES string of the molecule is COc1ccc(/C=C/CN(C)Cc2ccc3c(c2)CCC3)cc1. The summed E-state index contributed by atoms with van der Waals surface area (Å²) in [5.74, 6) is 0.899. The Hall–Kier alpha value is -2.06. The minimum Gasteiger partial charge on any atom is -0.497 e. The van der Waals surface area contributed by atoms with Gasteiger partial charge in [-0.1, -0.05) is 42.5 Å². The van der Waals surface area contributed by atoms with Gasteiger partial charge in [0.15, 0.2) is 0 Å². The van der Waals surface area contributed by atoms with E-state index >= 15 is 0 Å². The number of hydrogen-bond acceptors (Lipinski definition) is 2. The minimum atomic E-state index is 0.899. The summed E-state index contributed by atoms with van der Waals surface area (Å²) in [6.45, 7) is 1.95. The maximum Gasteiger partial charge on any atom is 0.118 e. The van der Waals surface area contributed by atoms with E-state index in [2.05, 4.69) is 54.4 Å². The molecule has 0 heterocycles. The van der Waals surface area contributed by atoms with Gasteiger partial charge in [-0.2, -0.15) is 0 Å². The first-order valence-electron chi connectivity index (χ1n) is 8.34. The topological polar surface area (TPSA) is 12.5 Å². The van der Waals surface area contributed by atoms with Crippen LogP contribution in [0.5, 0.6) is 5.75 Å². The highest BCUT2D eigenvalue weighted by atomic mass is 16.5. The summed E-state index contributed by atoms with van der Waals surface area (Å²) in [5.41, 5.74) is 5.74. The zero-order valence-corrected chi connectivity index (χ0v) is 14.1. The van der Waals surface area contributed by atoms with Crippen LogP contribution < -0.4 is 4.74 Å². The van der Waals surface area contributed by atoms with Crippen molar-refractivity contribution in [3.63, 3.8) is 0 Å². The number of likely N-dealkylation sites (N-methyl/N-ethyl adjacent to an activating group) is 1. The summed E-state index contributed by atoms with van der Waals surface area (Å²) in [4.78, 5) is 2.34. The van der Waals surface area contributed by atoms with Crippen molar-refractivity contribution in [1.82, 2.24) is 4.90 Å². The Morgan fingerprint density at radius 2 is 1.83 bits per heavy atom. The Morgan fingerprint density at radius 1 is 1.04 bits per heavy atom. The van der Waals surface area contributed by atoms with Gasteiger partial charge in [0.2, 0.25) is 0 Å².